The SMILES string of the molecule is O=C(O)c1ccoc1CNCc1cccc2cccnc12. The van der Waals surface area contributed by atoms with Crippen molar-refractivity contribution in [1.82, 2.24) is 10.3 Å². The molecule has 0 bridgehead atoms. The van der Waals surface area contributed by atoms with E-state index in [1.165, 1.54) is 12.3 Å². The second kappa shape index (κ2) is 5.76. The second-order valence-electron chi connectivity index (χ2n) is 4.66. The molecule has 0 saturated carbocycles. The predicted molar refractivity (Wildman–Crippen MR) is 78.0 cm³/mol. The summed E-state index contributed by atoms with van der Waals surface area (Å²) in [7, 11) is 0. The van der Waals surface area contributed by atoms with Crippen LogP contribution < -0.4 is 5.32 Å². The van der Waals surface area contributed by atoms with Gasteiger partial charge in [0.1, 0.15) is 11.3 Å². The molecule has 1 aromatic carbocycles. The first-order valence-electron chi connectivity index (χ1n) is 6.58. The fourth-order valence-electron chi connectivity index (χ4n) is 2.29. The molecule has 0 aliphatic heterocycles. The summed E-state index contributed by atoms with van der Waals surface area (Å²) in [6.07, 6.45) is 3.15. The van der Waals surface area contributed by atoms with Crippen molar-refractivity contribution in [1.29, 1.82) is 0 Å². The van der Waals surface area contributed by atoms with Crippen LogP contribution >= 0.6 is 0 Å². The van der Waals surface area contributed by atoms with Crippen molar-refractivity contribution in [2.24, 2.45) is 0 Å². The van der Waals surface area contributed by atoms with Gasteiger partial charge in [0.25, 0.3) is 0 Å². The van der Waals surface area contributed by atoms with E-state index in [1.807, 2.05) is 30.3 Å². The van der Waals surface area contributed by atoms with Gasteiger partial charge in [0.05, 0.1) is 18.3 Å². The van der Waals surface area contributed by atoms with E-state index in [9.17, 15) is 4.79 Å². The Morgan fingerprint density at radius 3 is 2.90 bits per heavy atom. The Hall–Kier alpha value is -2.66. The van der Waals surface area contributed by atoms with Crippen LogP contribution in [0.1, 0.15) is 21.7 Å². The number of furan rings is 1. The van der Waals surface area contributed by atoms with E-state index in [1.54, 1.807) is 6.20 Å². The van der Waals surface area contributed by atoms with Crippen LogP contribution in [0, 0.1) is 0 Å². The van der Waals surface area contributed by atoms with Gasteiger partial charge in [-0.2, -0.15) is 0 Å². The standard InChI is InChI=1S/C16H14N2O3/c19-16(20)13-6-8-21-14(13)10-17-9-12-4-1-3-11-5-2-7-18-15(11)12/h1-8,17H,9-10H2,(H,19,20). The molecule has 5 nitrogen and oxygen atoms in total. The third-order valence-electron chi connectivity index (χ3n) is 3.29. The van der Waals surface area contributed by atoms with Gasteiger partial charge in [0.15, 0.2) is 0 Å². The van der Waals surface area contributed by atoms with E-state index in [-0.39, 0.29) is 5.56 Å². The number of fused-ring (bicyclic) bond motifs is 1. The van der Waals surface area contributed by atoms with Crippen LogP contribution in [0.5, 0.6) is 0 Å². The van der Waals surface area contributed by atoms with E-state index < -0.39 is 5.97 Å². The van der Waals surface area contributed by atoms with Gasteiger partial charge in [0, 0.05) is 18.1 Å². The molecule has 0 fully saturated rings. The number of hydrogen-bond donors (Lipinski definition) is 2. The zero-order valence-corrected chi connectivity index (χ0v) is 11.2. The lowest BCUT2D eigenvalue weighted by Crippen LogP contribution is -2.14. The van der Waals surface area contributed by atoms with Crippen molar-refractivity contribution in [2.45, 2.75) is 13.1 Å². The highest BCUT2D eigenvalue weighted by Gasteiger charge is 2.12. The van der Waals surface area contributed by atoms with Crippen LogP contribution in [0.4, 0.5) is 0 Å². The predicted octanol–water partition coefficient (Wildman–Crippen LogP) is 2.82. The van der Waals surface area contributed by atoms with Gasteiger partial charge in [-0.3, -0.25) is 4.98 Å². The van der Waals surface area contributed by atoms with E-state index >= 15 is 0 Å². The lowest BCUT2D eigenvalue weighted by Gasteiger charge is -2.07. The van der Waals surface area contributed by atoms with E-state index in [4.69, 9.17) is 9.52 Å². The molecule has 21 heavy (non-hydrogen) atoms. The normalized spacial score (nSPS) is 10.9. The average Bonchev–Trinajstić information content (AvgIpc) is 2.96. The van der Waals surface area contributed by atoms with Crippen LogP contribution in [0.3, 0.4) is 0 Å². The number of nitrogens with zero attached hydrogens (tertiary/aromatic N) is 1. The number of rotatable bonds is 5. The summed E-state index contributed by atoms with van der Waals surface area (Å²) in [6, 6.07) is 11.4. The Kier molecular flexibility index (Phi) is 3.66. The Morgan fingerprint density at radius 1 is 1.19 bits per heavy atom. The number of benzene rings is 1. The molecule has 0 atom stereocenters. The molecule has 3 aromatic rings. The van der Waals surface area contributed by atoms with Crippen molar-refractivity contribution >= 4 is 16.9 Å². The largest absolute Gasteiger partial charge is 0.478 e. The number of pyridine rings is 1. The molecule has 0 saturated heterocycles. The topological polar surface area (TPSA) is 75.4 Å². The maximum Gasteiger partial charge on any atom is 0.339 e. The van der Waals surface area contributed by atoms with Gasteiger partial charge in [-0.25, -0.2) is 4.79 Å². The molecule has 0 spiro atoms. The minimum Gasteiger partial charge on any atom is -0.478 e. The Bertz CT molecular complexity index is 775. The minimum atomic E-state index is -0.979. The summed E-state index contributed by atoms with van der Waals surface area (Å²) >= 11 is 0. The van der Waals surface area contributed by atoms with Crippen molar-refractivity contribution in [3.05, 3.63) is 65.7 Å². The van der Waals surface area contributed by atoms with E-state index in [0.717, 1.165) is 16.5 Å². The van der Waals surface area contributed by atoms with Crippen molar-refractivity contribution in [3.63, 3.8) is 0 Å². The third kappa shape index (κ3) is 2.78. The average molecular weight is 282 g/mol. The smallest absolute Gasteiger partial charge is 0.339 e. The van der Waals surface area contributed by atoms with Crippen molar-refractivity contribution < 1.29 is 14.3 Å². The molecule has 2 heterocycles. The molecule has 0 unspecified atom stereocenters. The minimum absolute atomic E-state index is 0.193. The molecule has 0 radical (unpaired) electrons. The van der Waals surface area contributed by atoms with E-state index in [0.29, 0.717) is 18.8 Å². The monoisotopic (exact) mass is 282 g/mol. The number of aromatic nitrogens is 1. The molecule has 0 aliphatic carbocycles. The fourth-order valence-corrected chi connectivity index (χ4v) is 2.29. The Morgan fingerprint density at radius 2 is 2.05 bits per heavy atom. The van der Waals surface area contributed by atoms with Gasteiger partial charge in [0.2, 0.25) is 0 Å². The molecule has 106 valence electrons. The molecule has 2 N–H and O–H groups in total. The number of hydrogen-bond acceptors (Lipinski definition) is 4. The molecular formula is C16H14N2O3. The Balaban J connectivity index is 1.72. The molecule has 0 amide bonds. The molecule has 2 aromatic heterocycles. The summed E-state index contributed by atoms with van der Waals surface area (Å²) in [5.41, 5.74) is 2.21. The number of aromatic carboxylic acids is 1. The number of nitrogens with one attached hydrogen (secondary N) is 1. The molecule has 0 aliphatic rings. The van der Waals surface area contributed by atoms with Crippen LogP contribution in [0.25, 0.3) is 10.9 Å². The molecule has 5 heteroatoms. The summed E-state index contributed by atoms with van der Waals surface area (Å²) in [5.74, 6) is -0.553. The highest BCUT2D eigenvalue weighted by Crippen LogP contribution is 2.16. The number of carbonyl (C=O) groups is 1. The number of para-hydroxylation sites is 1. The first-order chi connectivity index (χ1) is 10.3. The lowest BCUT2D eigenvalue weighted by atomic mass is 10.1. The van der Waals surface area contributed by atoms with Crippen LogP contribution in [-0.2, 0) is 13.1 Å². The number of carboxylic acid groups (broad SMARTS) is 1. The Labute approximate surface area is 121 Å². The van der Waals surface area contributed by atoms with E-state index in [2.05, 4.69) is 10.3 Å². The number of carboxylic acids is 1. The zero-order valence-electron chi connectivity index (χ0n) is 11.2. The zero-order chi connectivity index (χ0) is 14.7. The summed E-state index contributed by atoms with van der Waals surface area (Å²) in [4.78, 5) is 15.4. The van der Waals surface area contributed by atoms with Crippen LogP contribution in [-0.4, -0.2) is 16.1 Å². The van der Waals surface area contributed by atoms with Gasteiger partial charge < -0.3 is 14.8 Å². The van der Waals surface area contributed by atoms with Crippen molar-refractivity contribution in [2.75, 3.05) is 0 Å². The van der Waals surface area contributed by atoms with Crippen LogP contribution in [0.2, 0.25) is 0 Å². The maximum atomic E-state index is 11.0. The molecular weight excluding hydrogens is 268 g/mol. The summed E-state index contributed by atoms with van der Waals surface area (Å²) in [5, 5.41) is 13.3. The van der Waals surface area contributed by atoms with Gasteiger partial charge >= 0.3 is 5.97 Å². The highest BCUT2D eigenvalue weighted by molar-refractivity contribution is 5.88. The van der Waals surface area contributed by atoms with Gasteiger partial charge in [-0.05, 0) is 17.7 Å². The second-order valence-corrected chi connectivity index (χ2v) is 4.66. The van der Waals surface area contributed by atoms with Crippen molar-refractivity contribution in [3.8, 4) is 0 Å². The summed E-state index contributed by atoms with van der Waals surface area (Å²) in [6.45, 7) is 0.950. The summed E-state index contributed by atoms with van der Waals surface area (Å²) < 4.78 is 5.19. The first kappa shape index (κ1) is 13.3. The first-order valence-corrected chi connectivity index (χ1v) is 6.58. The van der Waals surface area contributed by atoms with Crippen LogP contribution in [0.15, 0.2) is 53.3 Å². The van der Waals surface area contributed by atoms with Gasteiger partial charge in [-0.1, -0.05) is 24.3 Å². The maximum absolute atomic E-state index is 11.0. The van der Waals surface area contributed by atoms with Gasteiger partial charge in [-0.15, -0.1) is 0 Å². The third-order valence-corrected chi connectivity index (χ3v) is 3.29. The lowest BCUT2D eigenvalue weighted by molar-refractivity contribution is 0.0694. The fraction of sp³-hybridized carbons (Fsp3) is 0.125. The quantitative estimate of drug-likeness (QED) is 0.752. The molecule has 3 rings (SSSR count). The highest BCUT2D eigenvalue weighted by atomic mass is 16.4.